The quantitative estimate of drug-likeness (QED) is 0.866. The van der Waals surface area contributed by atoms with E-state index in [0.29, 0.717) is 12.2 Å². The van der Waals surface area contributed by atoms with E-state index in [4.69, 9.17) is 0 Å². The molecule has 0 saturated carbocycles. The number of benzene rings is 1. The van der Waals surface area contributed by atoms with Crippen LogP contribution in [0.25, 0.3) is 0 Å². The lowest BCUT2D eigenvalue weighted by atomic mass is 9.84. The van der Waals surface area contributed by atoms with E-state index in [-0.39, 0.29) is 5.54 Å². The van der Waals surface area contributed by atoms with Crippen LogP contribution >= 0.6 is 0 Å². The topological polar surface area (TPSA) is 29.1 Å². The third-order valence-electron chi connectivity index (χ3n) is 3.72. The SMILES string of the molecule is Cc1ccc(CC(=O)C2(C)CCCCN2)cc1. The van der Waals surface area contributed by atoms with Crippen molar-refractivity contribution in [2.24, 2.45) is 0 Å². The van der Waals surface area contributed by atoms with Gasteiger partial charge in [-0.2, -0.15) is 0 Å². The molecule has 2 rings (SSSR count). The van der Waals surface area contributed by atoms with Crippen LogP contribution in [-0.2, 0) is 11.2 Å². The summed E-state index contributed by atoms with van der Waals surface area (Å²) in [6.45, 7) is 5.08. The molecule has 92 valence electrons. The molecule has 2 heteroatoms. The highest BCUT2D eigenvalue weighted by atomic mass is 16.1. The van der Waals surface area contributed by atoms with Gasteiger partial charge in [0.15, 0.2) is 5.78 Å². The van der Waals surface area contributed by atoms with Crippen LogP contribution in [0, 0.1) is 6.92 Å². The number of piperidine rings is 1. The minimum atomic E-state index is -0.302. The van der Waals surface area contributed by atoms with E-state index >= 15 is 0 Å². The third-order valence-corrected chi connectivity index (χ3v) is 3.72. The Morgan fingerprint density at radius 2 is 2.00 bits per heavy atom. The molecule has 1 aromatic rings. The van der Waals surface area contributed by atoms with E-state index in [9.17, 15) is 4.79 Å². The first-order chi connectivity index (χ1) is 8.10. The predicted molar refractivity (Wildman–Crippen MR) is 70.1 cm³/mol. The highest BCUT2D eigenvalue weighted by Crippen LogP contribution is 2.21. The molecule has 0 amide bonds. The van der Waals surface area contributed by atoms with Gasteiger partial charge in [-0.1, -0.05) is 29.8 Å². The zero-order chi connectivity index (χ0) is 12.3. The fourth-order valence-electron chi connectivity index (χ4n) is 2.38. The largest absolute Gasteiger partial charge is 0.305 e. The highest BCUT2D eigenvalue weighted by Gasteiger charge is 2.33. The second-order valence-electron chi connectivity index (χ2n) is 5.30. The second-order valence-corrected chi connectivity index (χ2v) is 5.30. The first-order valence-corrected chi connectivity index (χ1v) is 6.44. The van der Waals surface area contributed by atoms with E-state index in [1.807, 2.05) is 6.92 Å². The van der Waals surface area contributed by atoms with Gasteiger partial charge in [0.1, 0.15) is 0 Å². The van der Waals surface area contributed by atoms with E-state index in [0.717, 1.165) is 24.9 Å². The van der Waals surface area contributed by atoms with E-state index in [2.05, 4.69) is 36.5 Å². The number of ketones is 1. The van der Waals surface area contributed by atoms with Crippen molar-refractivity contribution in [2.75, 3.05) is 6.54 Å². The smallest absolute Gasteiger partial charge is 0.156 e. The molecule has 1 aliphatic heterocycles. The van der Waals surface area contributed by atoms with Crippen molar-refractivity contribution in [3.05, 3.63) is 35.4 Å². The summed E-state index contributed by atoms with van der Waals surface area (Å²) in [4.78, 5) is 12.3. The minimum Gasteiger partial charge on any atom is -0.305 e. The lowest BCUT2D eigenvalue weighted by Gasteiger charge is -2.33. The number of hydrogen-bond donors (Lipinski definition) is 1. The molecule has 1 aliphatic rings. The molecule has 1 atom stereocenters. The van der Waals surface area contributed by atoms with Gasteiger partial charge in [-0.25, -0.2) is 0 Å². The number of Topliss-reactive ketones (excluding diaryl/α,β-unsaturated/α-hetero) is 1. The first-order valence-electron chi connectivity index (χ1n) is 6.44. The Morgan fingerprint density at radius 3 is 2.59 bits per heavy atom. The third kappa shape index (κ3) is 2.95. The molecular formula is C15H21NO. The van der Waals surface area contributed by atoms with Gasteiger partial charge in [0.2, 0.25) is 0 Å². The van der Waals surface area contributed by atoms with Crippen molar-refractivity contribution in [3.8, 4) is 0 Å². The summed E-state index contributed by atoms with van der Waals surface area (Å²) in [6.07, 6.45) is 3.86. The Labute approximate surface area is 103 Å². The van der Waals surface area contributed by atoms with E-state index < -0.39 is 0 Å². The Morgan fingerprint density at radius 1 is 1.29 bits per heavy atom. The lowest BCUT2D eigenvalue weighted by Crippen LogP contribution is -2.52. The zero-order valence-corrected chi connectivity index (χ0v) is 10.8. The Kier molecular flexibility index (Phi) is 3.63. The van der Waals surface area contributed by atoms with Crippen LogP contribution in [0.15, 0.2) is 24.3 Å². The summed E-state index contributed by atoms with van der Waals surface area (Å²) < 4.78 is 0. The molecule has 17 heavy (non-hydrogen) atoms. The highest BCUT2D eigenvalue weighted by molar-refractivity contribution is 5.89. The summed E-state index contributed by atoms with van der Waals surface area (Å²) in [6, 6.07) is 8.25. The Balaban J connectivity index is 2.03. The Hall–Kier alpha value is -1.15. The number of aryl methyl sites for hydroxylation is 1. The summed E-state index contributed by atoms with van der Waals surface area (Å²) in [7, 11) is 0. The van der Waals surface area contributed by atoms with Gasteiger partial charge in [0.05, 0.1) is 5.54 Å². The molecule has 0 radical (unpaired) electrons. The standard InChI is InChI=1S/C15H21NO/c1-12-5-7-13(8-6-12)11-14(17)15(2)9-3-4-10-16-15/h5-8,16H,3-4,9-11H2,1-2H3. The predicted octanol–water partition coefficient (Wildman–Crippen LogP) is 2.64. The number of rotatable bonds is 3. The minimum absolute atomic E-state index is 0.302. The van der Waals surface area contributed by atoms with Gasteiger partial charge in [0, 0.05) is 6.42 Å². The van der Waals surface area contributed by atoms with Crippen molar-refractivity contribution >= 4 is 5.78 Å². The van der Waals surface area contributed by atoms with Gasteiger partial charge in [0.25, 0.3) is 0 Å². The van der Waals surface area contributed by atoms with Crippen molar-refractivity contribution in [1.29, 1.82) is 0 Å². The summed E-state index contributed by atoms with van der Waals surface area (Å²) in [5.74, 6) is 0.320. The normalized spacial score (nSPS) is 24.6. The molecule has 0 bridgehead atoms. The molecule has 1 heterocycles. The average Bonchev–Trinajstić information content (AvgIpc) is 2.33. The zero-order valence-electron chi connectivity index (χ0n) is 10.8. The van der Waals surface area contributed by atoms with Gasteiger partial charge in [-0.3, -0.25) is 4.79 Å². The molecule has 2 nitrogen and oxygen atoms in total. The van der Waals surface area contributed by atoms with Gasteiger partial charge >= 0.3 is 0 Å². The molecule has 1 aromatic carbocycles. The van der Waals surface area contributed by atoms with Gasteiger partial charge < -0.3 is 5.32 Å². The van der Waals surface area contributed by atoms with Crippen molar-refractivity contribution < 1.29 is 4.79 Å². The van der Waals surface area contributed by atoms with Gasteiger partial charge in [-0.15, -0.1) is 0 Å². The van der Waals surface area contributed by atoms with Gasteiger partial charge in [-0.05, 0) is 45.2 Å². The molecule has 0 aliphatic carbocycles. The van der Waals surface area contributed by atoms with E-state index in [1.165, 1.54) is 12.0 Å². The summed E-state index contributed by atoms with van der Waals surface area (Å²) >= 11 is 0. The first kappa shape index (κ1) is 12.3. The Bertz CT molecular complexity index is 388. The number of carbonyl (C=O) groups is 1. The maximum absolute atomic E-state index is 12.3. The van der Waals surface area contributed by atoms with Crippen LogP contribution in [-0.4, -0.2) is 17.9 Å². The monoisotopic (exact) mass is 231 g/mol. The van der Waals surface area contributed by atoms with Crippen LogP contribution in [0.4, 0.5) is 0 Å². The fraction of sp³-hybridized carbons (Fsp3) is 0.533. The van der Waals surface area contributed by atoms with Crippen molar-refractivity contribution in [3.63, 3.8) is 0 Å². The fourth-order valence-corrected chi connectivity index (χ4v) is 2.38. The van der Waals surface area contributed by atoms with Crippen molar-refractivity contribution in [1.82, 2.24) is 5.32 Å². The van der Waals surface area contributed by atoms with Crippen LogP contribution in [0.2, 0.25) is 0 Å². The maximum atomic E-state index is 12.3. The molecule has 0 spiro atoms. The van der Waals surface area contributed by atoms with Crippen LogP contribution in [0.1, 0.15) is 37.3 Å². The molecule has 1 fully saturated rings. The number of hydrogen-bond acceptors (Lipinski definition) is 2. The summed E-state index contributed by atoms with van der Waals surface area (Å²) in [5, 5.41) is 3.38. The lowest BCUT2D eigenvalue weighted by molar-refractivity contribution is -0.125. The van der Waals surface area contributed by atoms with Crippen molar-refractivity contribution in [2.45, 2.75) is 45.1 Å². The molecule has 1 unspecified atom stereocenters. The maximum Gasteiger partial charge on any atom is 0.156 e. The summed E-state index contributed by atoms with van der Waals surface area (Å²) in [5.41, 5.74) is 2.06. The van der Waals surface area contributed by atoms with Crippen LogP contribution in [0.5, 0.6) is 0 Å². The van der Waals surface area contributed by atoms with E-state index in [1.54, 1.807) is 0 Å². The number of nitrogens with one attached hydrogen (secondary N) is 1. The molecule has 0 aromatic heterocycles. The molecule has 1 saturated heterocycles. The van der Waals surface area contributed by atoms with Crippen LogP contribution in [0.3, 0.4) is 0 Å². The second kappa shape index (κ2) is 5.01. The van der Waals surface area contributed by atoms with Crippen LogP contribution < -0.4 is 5.32 Å². The molecule has 1 N–H and O–H groups in total. The average molecular weight is 231 g/mol. The number of carbonyl (C=O) groups excluding carboxylic acids is 1. The molecular weight excluding hydrogens is 210 g/mol.